The molecule has 3 rings (SSSR count). The van der Waals surface area contributed by atoms with Crippen LogP contribution in [-0.4, -0.2) is 17.7 Å². The molecule has 1 aromatic carbocycles. The van der Waals surface area contributed by atoms with Crippen molar-refractivity contribution in [2.45, 2.75) is 12.0 Å². The van der Waals surface area contributed by atoms with Crippen molar-refractivity contribution in [2.24, 2.45) is 0 Å². The van der Waals surface area contributed by atoms with Crippen LogP contribution < -0.4 is 5.32 Å². The van der Waals surface area contributed by atoms with E-state index in [0.717, 1.165) is 29.7 Å². The fraction of sp³-hybridized carbons (Fsp3) is 0.286. The third-order valence-electron chi connectivity index (χ3n) is 3.53. The first-order chi connectivity index (χ1) is 8.80. The average molecular weight is 236 g/mol. The lowest BCUT2D eigenvalue weighted by Crippen LogP contribution is -2.34. The summed E-state index contributed by atoms with van der Waals surface area (Å²) in [4.78, 5) is 0. The van der Waals surface area contributed by atoms with Crippen LogP contribution in [0.15, 0.2) is 30.3 Å². The van der Waals surface area contributed by atoms with E-state index in [-0.39, 0.29) is 0 Å². The van der Waals surface area contributed by atoms with Crippen molar-refractivity contribution in [3.8, 4) is 12.1 Å². The Labute approximate surface area is 105 Å². The molecule has 0 bridgehead atoms. The molecule has 0 fully saturated rings. The SMILES string of the molecule is N#CC1(C#N)CNCCn2c1cc1ccccc12. The van der Waals surface area contributed by atoms with Crippen LogP contribution in [0.3, 0.4) is 0 Å². The van der Waals surface area contributed by atoms with E-state index in [1.807, 2.05) is 30.3 Å². The molecule has 88 valence electrons. The smallest absolute Gasteiger partial charge is 0.195 e. The maximum absolute atomic E-state index is 9.41. The quantitative estimate of drug-likeness (QED) is 0.754. The fourth-order valence-corrected chi connectivity index (χ4v) is 2.58. The summed E-state index contributed by atoms with van der Waals surface area (Å²) in [6.07, 6.45) is 0. The van der Waals surface area contributed by atoms with E-state index in [1.165, 1.54) is 0 Å². The average Bonchev–Trinajstić information content (AvgIpc) is 2.69. The van der Waals surface area contributed by atoms with Gasteiger partial charge in [-0.2, -0.15) is 10.5 Å². The van der Waals surface area contributed by atoms with Crippen molar-refractivity contribution >= 4 is 10.9 Å². The second-order valence-electron chi connectivity index (χ2n) is 4.55. The summed E-state index contributed by atoms with van der Waals surface area (Å²) in [6.45, 7) is 1.95. The molecule has 0 amide bonds. The summed E-state index contributed by atoms with van der Waals surface area (Å²) in [5.74, 6) is 0. The summed E-state index contributed by atoms with van der Waals surface area (Å²) >= 11 is 0. The molecule has 4 heteroatoms. The van der Waals surface area contributed by atoms with E-state index in [4.69, 9.17) is 0 Å². The minimum Gasteiger partial charge on any atom is -0.341 e. The van der Waals surface area contributed by atoms with Gasteiger partial charge in [0.1, 0.15) is 0 Å². The lowest BCUT2D eigenvalue weighted by atomic mass is 9.88. The number of nitriles is 2. The van der Waals surface area contributed by atoms with Crippen LogP contribution in [-0.2, 0) is 12.0 Å². The van der Waals surface area contributed by atoms with Crippen molar-refractivity contribution in [1.82, 2.24) is 9.88 Å². The van der Waals surface area contributed by atoms with Gasteiger partial charge >= 0.3 is 0 Å². The van der Waals surface area contributed by atoms with Crippen LogP contribution >= 0.6 is 0 Å². The van der Waals surface area contributed by atoms with Gasteiger partial charge in [-0.3, -0.25) is 0 Å². The molecule has 0 unspecified atom stereocenters. The van der Waals surface area contributed by atoms with Gasteiger partial charge in [-0.05, 0) is 17.5 Å². The maximum Gasteiger partial charge on any atom is 0.195 e. The standard InChI is InChI=1S/C14H12N4/c15-8-14(9-16)10-17-5-6-18-12-4-2-1-3-11(12)7-13(14)18/h1-4,7,17H,5-6,10H2. The first-order valence-corrected chi connectivity index (χ1v) is 5.93. The van der Waals surface area contributed by atoms with Gasteiger partial charge in [-0.15, -0.1) is 0 Å². The molecule has 1 aliphatic rings. The summed E-state index contributed by atoms with van der Waals surface area (Å²) < 4.78 is 2.09. The number of benzene rings is 1. The predicted octanol–water partition coefficient (Wildman–Crippen LogP) is 1.53. The van der Waals surface area contributed by atoms with E-state index in [0.29, 0.717) is 6.54 Å². The highest BCUT2D eigenvalue weighted by atomic mass is 15.1. The molecule has 0 saturated carbocycles. The Balaban J connectivity index is 2.35. The molecule has 0 radical (unpaired) electrons. The van der Waals surface area contributed by atoms with Gasteiger partial charge in [0, 0.05) is 25.2 Å². The zero-order chi connectivity index (χ0) is 12.6. The molecule has 2 heterocycles. The van der Waals surface area contributed by atoms with E-state index < -0.39 is 5.41 Å². The van der Waals surface area contributed by atoms with Crippen LogP contribution in [0.5, 0.6) is 0 Å². The number of rotatable bonds is 0. The van der Waals surface area contributed by atoms with Crippen LogP contribution in [0.4, 0.5) is 0 Å². The molecule has 2 aromatic rings. The first-order valence-electron chi connectivity index (χ1n) is 5.93. The van der Waals surface area contributed by atoms with E-state index in [9.17, 15) is 10.5 Å². The Morgan fingerprint density at radius 1 is 1.22 bits per heavy atom. The van der Waals surface area contributed by atoms with Crippen LogP contribution in [0.1, 0.15) is 5.69 Å². The van der Waals surface area contributed by atoms with Gasteiger partial charge in [0.15, 0.2) is 5.41 Å². The van der Waals surface area contributed by atoms with Crippen molar-refractivity contribution in [1.29, 1.82) is 10.5 Å². The summed E-state index contributed by atoms with van der Waals surface area (Å²) in [5, 5.41) is 23.1. The Hall–Kier alpha value is -2.30. The van der Waals surface area contributed by atoms with Crippen LogP contribution in [0.25, 0.3) is 10.9 Å². The zero-order valence-electron chi connectivity index (χ0n) is 9.85. The number of hydrogen-bond donors (Lipinski definition) is 1. The van der Waals surface area contributed by atoms with E-state index >= 15 is 0 Å². The molecule has 1 aliphatic heterocycles. The van der Waals surface area contributed by atoms with Gasteiger partial charge < -0.3 is 9.88 Å². The largest absolute Gasteiger partial charge is 0.341 e. The maximum atomic E-state index is 9.41. The third kappa shape index (κ3) is 1.33. The van der Waals surface area contributed by atoms with Gasteiger partial charge in [-0.1, -0.05) is 18.2 Å². The molecular weight excluding hydrogens is 224 g/mol. The number of para-hydroxylation sites is 1. The second kappa shape index (κ2) is 3.87. The highest BCUT2D eigenvalue weighted by Gasteiger charge is 2.37. The Bertz CT molecular complexity index is 670. The van der Waals surface area contributed by atoms with E-state index in [2.05, 4.69) is 22.0 Å². The number of nitrogens with one attached hydrogen (secondary N) is 1. The monoisotopic (exact) mass is 236 g/mol. The highest BCUT2D eigenvalue weighted by Crippen LogP contribution is 2.30. The van der Waals surface area contributed by atoms with Gasteiger partial charge in [0.2, 0.25) is 0 Å². The van der Waals surface area contributed by atoms with Gasteiger partial charge in [0.05, 0.1) is 17.8 Å². The van der Waals surface area contributed by atoms with Crippen LogP contribution in [0.2, 0.25) is 0 Å². The Morgan fingerprint density at radius 3 is 2.78 bits per heavy atom. The third-order valence-corrected chi connectivity index (χ3v) is 3.53. The molecule has 1 aromatic heterocycles. The molecular formula is C14H12N4. The summed E-state index contributed by atoms with van der Waals surface area (Å²) in [6, 6.07) is 14.3. The summed E-state index contributed by atoms with van der Waals surface area (Å²) in [5.41, 5.74) is 0.806. The number of nitrogens with zero attached hydrogens (tertiary/aromatic N) is 3. The van der Waals surface area contributed by atoms with Crippen molar-refractivity contribution in [3.63, 3.8) is 0 Å². The predicted molar refractivity (Wildman–Crippen MR) is 67.7 cm³/mol. The number of fused-ring (bicyclic) bond motifs is 3. The Kier molecular flexibility index (Phi) is 2.33. The second-order valence-corrected chi connectivity index (χ2v) is 4.55. The van der Waals surface area contributed by atoms with Crippen molar-refractivity contribution < 1.29 is 0 Å². The lowest BCUT2D eigenvalue weighted by molar-refractivity contribution is 0.608. The number of hydrogen-bond acceptors (Lipinski definition) is 3. The minimum atomic E-state index is -1.09. The lowest BCUT2D eigenvalue weighted by Gasteiger charge is -2.17. The molecule has 0 spiro atoms. The van der Waals surface area contributed by atoms with E-state index in [1.54, 1.807) is 0 Å². The first kappa shape index (κ1) is 10.8. The molecule has 1 N–H and O–H groups in total. The molecule has 0 aliphatic carbocycles. The number of aromatic nitrogens is 1. The summed E-state index contributed by atoms with van der Waals surface area (Å²) in [7, 11) is 0. The normalized spacial score (nSPS) is 17.4. The Morgan fingerprint density at radius 2 is 2.00 bits per heavy atom. The molecule has 0 atom stereocenters. The van der Waals surface area contributed by atoms with Gasteiger partial charge in [0.25, 0.3) is 0 Å². The highest BCUT2D eigenvalue weighted by molar-refractivity contribution is 5.82. The van der Waals surface area contributed by atoms with Crippen molar-refractivity contribution in [3.05, 3.63) is 36.0 Å². The molecule has 0 saturated heterocycles. The zero-order valence-corrected chi connectivity index (χ0v) is 9.85. The van der Waals surface area contributed by atoms with Crippen molar-refractivity contribution in [2.75, 3.05) is 13.1 Å². The fourth-order valence-electron chi connectivity index (χ4n) is 2.58. The molecule has 18 heavy (non-hydrogen) atoms. The molecule has 4 nitrogen and oxygen atoms in total. The minimum absolute atomic E-state index is 0.385. The van der Waals surface area contributed by atoms with Gasteiger partial charge in [-0.25, -0.2) is 0 Å². The topological polar surface area (TPSA) is 64.5 Å². The van der Waals surface area contributed by atoms with Crippen LogP contribution in [0, 0.1) is 22.7 Å².